The van der Waals surface area contributed by atoms with E-state index in [0.29, 0.717) is 5.02 Å². The second-order valence-electron chi connectivity index (χ2n) is 8.10. The first-order valence-corrected chi connectivity index (χ1v) is 11.0. The number of likely N-dealkylation sites (N-methyl/N-ethyl adjacent to an activating group) is 1. The molecule has 1 aromatic heterocycles. The topological polar surface area (TPSA) is 29.7 Å². The molecule has 0 bridgehead atoms. The number of hydrogen-bond acceptors (Lipinski definition) is 1. The van der Waals surface area contributed by atoms with E-state index in [9.17, 15) is 4.79 Å². The molecular formula is C25H29ClN3O+. The lowest BCUT2D eigenvalue weighted by Crippen LogP contribution is -3.14. The number of carbonyl (C=O) groups is 1. The standard InChI is InChI=1S/C25H28ClN3O/c1-4-27-13-15-28(16-14-27)25(30)23-17-24(20-7-9-21(26)10-8-20)29(19(23)3)22-11-5-18(2)6-12-22/h5-12,17H,4,13-16H2,1-3H3/p+1. The van der Waals surface area contributed by atoms with Crippen molar-refractivity contribution in [3.63, 3.8) is 0 Å². The van der Waals surface area contributed by atoms with Crippen LogP contribution in [0.15, 0.2) is 54.6 Å². The van der Waals surface area contributed by atoms with Crippen molar-refractivity contribution in [3.8, 4) is 16.9 Å². The molecule has 0 atom stereocenters. The van der Waals surface area contributed by atoms with E-state index in [1.165, 1.54) is 5.56 Å². The van der Waals surface area contributed by atoms with Gasteiger partial charge in [0.1, 0.15) is 0 Å². The summed E-state index contributed by atoms with van der Waals surface area (Å²) in [6.45, 7) is 11.1. The van der Waals surface area contributed by atoms with Crippen molar-refractivity contribution in [2.45, 2.75) is 20.8 Å². The third-order valence-electron chi connectivity index (χ3n) is 6.17. The number of carbonyl (C=O) groups excluding carboxylic acids is 1. The molecule has 0 radical (unpaired) electrons. The summed E-state index contributed by atoms with van der Waals surface area (Å²) in [4.78, 5) is 17.0. The quantitative estimate of drug-likeness (QED) is 0.681. The molecule has 0 saturated carbocycles. The van der Waals surface area contributed by atoms with Crippen LogP contribution < -0.4 is 4.90 Å². The first-order valence-electron chi connectivity index (χ1n) is 10.7. The smallest absolute Gasteiger partial charge is 0.256 e. The molecule has 4 nitrogen and oxygen atoms in total. The van der Waals surface area contributed by atoms with Gasteiger partial charge in [0.2, 0.25) is 0 Å². The Bertz CT molecular complexity index is 1030. The lowest BCUT2D eigenvalue weighted by atomic mass is 10.1. The van der Waals surface area contributed by atoms with Gasteiger partial charge in [0, 0.05) is 16.4 Å². The average molecular weight is 423 g/mol. The second kappa shape index (κ2) is 8.66. The summed E-state index contributed by atoms with van der Waals surface area (Å²) < 4.78 is 2.18. The Hall–Kier alpha value is -2.56. The van der Waals surface area contributed by atoms with Gasteiger partial charge < -0.3 is 14.4 Å². The molecule has 1 saturated heterocycles. The van der Waals surface area contributed by atoms with Gasteiger partial charge in [0.25, 0.3) is 5.91 Å². The number of piperazine rings is 1. The first kappa shape index (κ1) is 20.7. The van der Waals surface area contributed by atoms with Crippen LogP contribution in [-0.2, 0) is 0 Å². The van der Waals surface area contributed by atoms with Crippen molar-refractivity contribution in [1.82, 2.24) is 9.47 Å². The van der Waals surface area contributed by atoms with Crippen LogP contribution in [0.5, 0.6) is 0 Å². The summed E-state index contributed by atoms with van der Waals surface area (Å²) in [6.07, 6.45) is 0. The van der Waals surface area contributed by atoms with Crippen LogP contribution in [0.4, 0.5) is 0 Å². The van der Waals surface area contributed by atoms with E-state index in [4.69, 9.17) is 11.6 Å². The molecule has 5 heteroatoms. The minimum Gasteiger partial charge on any atom is -0.332 e. The molecule has 1 N–H and O–H groups in total. The van der Waals surface area contributed by atoms with Gasteiger partial charge in [-0.25, -0.2) is 0 Å². The van der Waals surface area contributed by atoms with Crippen LogP contribution in [-0.4, -0.2) is 48.1 Å². The molecule has 156 valence electrons. The maximum atomic E-state index is 13.4. The van der Waals surface area contributed by atoms with E-state index in [1.54, 1.807) is 4.90 Å². The fourth-order valence-corrected chi connectivity index (χ4v) is 4.36. The Balaban J connectivity index is 1.77. The number of nitrogens with one attached hydrogen (secondary N) is 1. The van der Waals surface area contributed by atoms with Gasteiger partial charge >= 0.3 is 0 Å². The Labute approximate surface area is 183 Å². The molecule has 0 aliphatic carbocycles. The number of aryl methyl sites for hydroxylation is 1. The summed E-state index contributed by atoms with van der Waals surface area (Å²) in [5, 5.41) is 0.705. The van der Waals surface area contributed by atoms with Gasteiger partial charge in [-0.15, -0.1) is 0 Å². The van der Waals surface area contributed by atoms with Crippen LogP contribution in [0, 0.1) is 13.8 Å². The summed E-state index contributed by atoms with van der Waals surface area (Å²) in [5.74, 6) is 0.128. The van der Waals surface area contributed by atoms with Crippen LogP contribution >= 0.6 is 11.6 Å². The van der Waals surface area contributed by atoms with Crippen LogP contribution in [0.3, 0.4) is 0 Å². The number of aromatic nitrogens is 1. The maximum absolute atomic E-state index is 13.4. The molecule has 30 heavy (non-hydrogen) atoms. The predicted molar refractivity (Wildman–Crippen MR) is 123 cm³/mol. The number of nitrogens with zero attached hydrogens (tertiary/aromatic N) is 2. The van der Waals surface area contributed by atoms with Crippen LogP contribution in [0.1, 0.15) is 28.5 Å². The van der Waals surface area contributed by atoms with E-state index in [2.05, 4.69) is 42.7 Å². The van der Waals surface area contributed by atoms with Crippen molar-refractivity contribution >= 4 is 17.5 Å². The molecule has 0 unspecified atom stereocenters. The molecule has 0 spiro atoms. The lowest BCUT2D eigenvalue weighted by Gasteiger charge is -2.31. The Kier molecular flexibility index (Phi) is 5.98. The van der Waals surface area contributed by atoms with Crippen molar-refractivity contribution in [2.75, 3.05) is 32.7 Å². The average Bonchev–Trinajstić information content (AvgIpc) is 3.11. The van der Waals surface area contributed by atoms with Gasteiger partial charge in [-0.3, -0.25) is 4.79 Å². The Morgan fingerprint density at radius 2 is 1.63 bits per heavy atom. The Morgan fingerprint density at radius 3 is 2.23 bits per heavy atom. The van der Waals surface area contributed by atoms with Gasteiger partial charge in [0.15, 0.2) is 0 Å². The Morgan fingerprint density at radius 1 is 1.00 bits per heavy atom. The number of hydrogen-bond donors (Lipinski definition) is 1. The highest BCUT2D eigenvalue weighted by Crippen LogP contribution is 2.31. The highest BCUT2D eigenvalue weighted by molar-refractivity contribution is 6.30. The van der Waals surface area contributed by atoms with E-state index >= 15 is 0 Å². The fraction of sp³-hybridized carbons (Fsp3) is 0.320. The number of quaternary nitrogens is 1. The molecular weight excluding hydrogens is 394 g/mol. The zero-order chi connectivity index (χ0) is 21.3. The number of benzene rings is 2. The monoisotopic (exact) mass is 422 g/mol. The summed E-state index contributed by atoms with van der Waals surface area (Å²) in [7, 11) is 0. The van der Waals surface area contributed by atoms with E-state index in [-0.39, 0.29) is 5.91 Å². The van der Waals surface area contributed by atoms with Crippen LogP contribution in [0.2, 0.25) is 5.02 Å². The molecule has 1 amide bonds. The zero-order valence-corrected chi connectivity index (χ0v) is 18.7. The van der Waals surface area contributed by atoms with Crippen molar-refractivity contribution in [2.24, 2.45) is 0 Å². The molecule has 2 aromatic carbocycles. The van der Waals surface area contributed by atoms with Gasteiger partial charge in [-0.1, -0.05) is 41.4 Å². The van der Waals surface area contributed by atoms with Gasteiger partial charge in [0.05, 0.1) is 44.0 Å². The molecule has 3 aromatic rings. The highest BCUT2D eigenvalue weighted by Gasteiger charge is 2.27. The molecule has 4 rings (SSSR count). The largest absolute Gasteiger partial charge is 0.332 e. The zero-order valence-electron chi connectivity index (χ0n) is 17.9. The third-order valence-corrected chi connectivity index (χ3v) is 6.42. The normalized spacial score (nSPS) is 14.9. The molecule has 1 aliphatic heterocycles. The minimum atomic E-state index is 0.128. The van der Waals surface area contributed by atoms with Crippen LogP contribution in [0.25, 0.3) is 16.9 Å². The summed E-state index contributed by atoms with van der Waals surface area (Å²) in [5.41, 5.74) is 6.07. The summed E-state index contributed by atoms with van der Waals surface area (Å²) >= 11 is 6.12. The highest BCUT2D eigenvalue weighted by atomic mass is 35.5. The van der Waals surface area contributed by atoms with Gasteiger partial charge in [-0.05, 0) is 56.7 Å². The first-order chi connectivity index (χ1) is 14.5. The number of halogens is 1. The third kappa shape index (κ3) is 4.03. The maximum Gasteiger partial charge on any atom is 0.256 e. The van der Waals surface area contributed by atoms with E-state index in [1.807, 2.05) is 42.2 Å². The van der Waals surface area contributed by atoms with Crippen molar-refractivity contribution < 1.29 is 9.69 Å². The molecule has 2 heterocycles. The molecule has 1 fully saturated rings. The summed E-state index contributed by atoms with van der Waals surface area (Å²) in [6, 6.07) is 18.3. The SMILES string of the molecule is CC[NH+]1CCN(C(=O)c2cc(-c3ccc(Cl)cc3)n(-c3ccc(C)cc3)c2C)CC1. The van der Waals surface area contributed by atoms with Crippen molar-refractivity contribution in [3.05, 3.63) is 76.4 Å². The second-order valence-corrected chi connectivity index (χ2v) is 8.54. The lowest BCUT2D eigenvalue weighted by molar-refractivity contribution is -0.902. The van der Waals surface area contributed by atoms with E-state index in [0.717, 1.165) is 60.9 Å². The predicted octanol–water partition coefficient (Wildman–Crippen LogP) is 3.78. The molecule has 1 aliphatic rings. The number of amides is 1. The number of rotatable bonds is 4. The minimum absolute atomic E-state index is 0.128. The van der Waals surface area contributed by atoms with E-state index < -0.39 is 0 Å². The van der Waals surface area contributed by atoms with Crippen molar-refractivity contribution in [1.29, 1.82) is 0 Å². The fourth-order valence-electron chi connectivity index (χ4n) is 4.23. The van der Waals surface area contributed by atoms with Gasteiger partial charge in [-0.2, -0.15) is 0 Å².